The summed E-state index contributed by atoms with van der Waals surface area (Å²) in [6, 6.07) is 6.99. The van der Waals surface area contributed by atoms with Crippen molar-refractivity contribution in [1.29, 1.82) is 0 Å². The third-order valence-corrected chi connectivity index (χ3v) is 5.88. The lowest BCUT2D eigenvalue weighted by atomic mass is 10.2. The molecule has 0 bridgehead atoms. The smallest absolute Gasteiger partial charge is 0.243 e. The van der Waals surface area contributed by atoms with Crippen LogP contribution in [0.5, 0.6) is 0 Å². The minimum Gasteiger partial charge on any atom is -0.377 e. The normalized spacial score (nSPS) is 22.9. The van der Waals surface area contributed by atoms with Crippen molar-refractivity contribution in [2.24, 2.45) is 0 Å². The van der Waals surface area contributed by atoms with Crippen LogP contribution >= 0.6 is 0 Å². The third kappa shape index (κ3) is 3.63. The molecule has 1 fully saturated rings. The average Bonchev–Trinajstić information content (AvgIpc) is 2.90. The largest absolute Gasteiger partial charge is 0.377 e. The summed E-state index contributed by atoms with van der Waals surface area (Å²) in [5.41, 5.74) is 1.08. The van der Waals surface area contributed by atoms with E-state index < -0.39 is 10.0 Å². The van der Waals surface area contributed by atoms with E-state index in [4.69, 9.17) is 4.74 Å². The van der Waals surface area contributed by atoms with E-state index in [1.165, 1.54) is 4.31 Å². The lowest BCUT2D eigenvalue weighted by molar-refractivity contribution is 0.102. The van der Waals surface area contributed by atoms with Gasteiger partial charge in [0, 0.05) is 20.2 Å². The zero-order chi connectivity index (χ0) is 15.5. The van der Waals surface area contributed by atoms with Gasteiger partial charge in [0.1, 0.15) is 0 Å². The van der Waals surface area contributed by atoms with Gasteiger partial charge in [-0.1, -0.05) is 19.1 Å². The Kier molecular flexibility index (Phi) is 5.37. The molecule has 0 aromatic heterocycles. The van der Waals surface area contributed by atoms with E-state index in [1.54, 1.807) is 19.2 Å². The highest BCUT2D eigenvalue weighted by Crippen LogP contribution is 2.24. The van der Waals surface area contributed by atoms with Crippen molar-refractivity contribution >= 4 is 10.0 Å². The van der Waals surface area contributed by atoms with Crippen LogP contribution in [0.2, 0.25) is 0 Å². The maximum atomic E-state index is 12.6. The van der Waals surface area contributed by atoms with Gasteiger partial charge in [-0.3, -0.25) is 0 Å². The summed E-state index contributed by atoms with van der Waals surface area (Å²) in [7, 11) is -1.82. The Morgan fingerprint density at radius 2 is 2.00 bits per heavy atom. The molecule has 6 heteroatoms. The van der Waals surface area contributed by atoms with Crippen LogP contribution in [0.4, 0.5) is 0 Å². The second-order valence-electron chi connectivity index (χ2n) is 5.38. The molecule has 2 rings (SSSR count). The highest BCUT2D eigenvalue weighted by atomic mass is 32.2. The first-order valence-electron chi connectivity index (χ1n) is 7.36. The van der Waals surface area contributed by atoms with E-state index in [-0.39, 0.29) is 12.1 Å². The van der Waals surface area contributed by atoms with E-state index in [2.05, 4.69) is 5.32 Å². The Morgan fingerprint density at radius 3 is 2.52 bits per heavy atom. The molecule has 118 valence electrons. The Balaban J connectivity index is 2.15. The average molecular weight is 312 g/mol. The van der Waals surface area contributed by atoms with Gasteiger partial charge in [0.15, 0.2) is 0 Å². The standard InChI is InChI=1S/C15H24N2O3S/c1-4-16-11-13-5-7-14(8-6-13)21(18,19)17(3)15-9-10-20-12(15)2/h5-8,12,15-16H,4,9-11H2,1-3H3. The summed E-state index contributed by atoms with van der Waals surface area (Å²) in [5, 5.41) is 3.22. The fourth-order valence-electron chi connectivity index (χ4n) is 2.59. The number of hydrogen-bond donors (Lipinski definition) is 1. The van der Waals surface area contributed by atoms with Crippen LogP contribution in [-0.4, -0.2) is 45.1 Å². The molecule has 5 nitrogen and oxygen atoms in total. The maximum Gasteiger partial charge on any atom is 0.243 e. The molecule has 21 heavy (non-hydrogen) atoms. The first-order chi connectivity index (χ1) is 9.96. The van der Waals surface area contributed by atoms with Crippen molar-refractivity contribution in [3.8, 4) is 0 Å². The van der Waals surface area contributed by atoms with Crippen molar-refractivity contribution in [2.75, 3.05) is 20.2 Å². The molecular weight excluding hydrogens is 288 g/mol. The van der Waals surface area contributed by atoms with Gasteiger partial charge in [0.05, 0.1) is 17.0 Å². The monoisotopic (exact) mass is 312 g/mol. The number of rotatable bonds is 6. The van der Waals surface area contributed by atoms with E-state index >= 15 is 0 Å². The number of benzene rings is 1. The van der Waals surface area contributed by atoms with E-state index in [0.29, 0.717) is 11.5 Å². The van der Waals surface area contributed by atoms with Gasteiger partial charge < -0.3 is 10.1 Å². The molecule has 0 amide bonds. The third-order valence-electron chi connectivity index (χ3n) is 3.98. The lowest BCUT2D eigenvalue weighted by Gasteiger charge is -2.26. The van der Waals surface area contributed by atoms with Crippen LogP contribution in [0.15, 0.2) is 29.2 Å². The predicted molar refractivity (Wildman–Crippen MR) is 82.6 cm³/mol. The van der Waals surface area contributed by atoms with Gasteiger partial charge in [-0.2, -0.15) is 4.31 Å². The molecule has 0 radical (unpaired) electrons. The number of likely N-dealkylation sites (N-methyl/N-ethyl adjacent to an activating group) is 1. The number of nitrogens with zero attached hydrogens (tertiary/aromatic N) is 1. The van der Waals surface area contributed by atoms with Crippen molar-refractivity contribution in [3.05, 3.63) is 29.8 Å². The molecule has 1 aromatic carbocycles. The quantitative estimate of drug-likeness (QED) is 0.867. The van der Waals surface area contributed by atoms with Gasteiger partial charge in [0.2, 0.25) is 10.0 Å². The van der Waals surface area contributed by atoms with Crippen molar-refractivity contribution in [1.82, 2.24) is 9.62 Å². The van der Waals surface area contributed by atoms with E-state index in [0.717, 1.165) is 25.1 Å². The van der Waals surface area contributed by atoms with Gasteiger partial charge in [-0.15, -0.1) is 0 Å². The Labute approximate surface area is 127 Å². The van der Waals surface area contributed by atoms with Gasteiger partial charge >= 0.3 is 0 Å². The second kappa shape index (κ2) is 6.87. The van der Waals surface area contributed by atoms with Crippen LogP contribution in [0.3, 0.4) is 0 Å². The van der Waals surface area contributed by atoms with Crippen LogP contribution < -0.4 is 5.32 Å². The molecule has 1 saturated heterocycles. The molecule has 2 unspecified atom stereocenters. The van der Waals surface area contributed by atoms with Gasteiger partial charge in [0.25, 0.3) is 0 Å². The molecule has 1 N–H and O–H groups in total. The first-order valence-corrected chi connectivity index (χ1v) is 8.80. The lowest BCUT2D eigenvalue weighted by Crippen LogP contribution is -2.40. The Morgan fingerprint density at radius 1 is 1.33 bits per heavy atom. The maximum absolute atomic E-state index is 12.6. The van der Waals surface area contributed by atoms with Crippen molar-refractivity contribution in [3.63, 3.8) is 0 Å². The predicted octanol–water partition coefficient (Wildman–Crippen LogP) is 1.59. The SMILES string of the molecule is CCNCc1ccc(S(=O)(=O)N(C)C2CCOC2C)cc1. The van der Waals surface area contributed by atoms with Crippen LogP contribution in [0, 0.1) is 0 Å². The Bertz CT molecular complexity index is 557. The molecule has 2 atom stereocenters. The summed E-state index contributed by atoms with van der Waals surface area (Å²) >= 11 is 0. The topological polar surface area (TPSA) is 58.6 Å². The van der Waals surface area contributed by atoms with Crippen molar-refractivity contribution in [2.45, 2.75) is 43.9 Å². The molecule has 1 aliphatic rings. The summed E-state index contributed by atoms with van der Waals surface area (Å²) in [6.45, 7) is 6.22. The Hall–Kier alpha value is -0.950. The zero-order valence-electron chi connectivity index (χ0n) is 12.9. The van der Waals surface area contributed by atoms with Gasteiger partial charge in [-0.25, -0.2) is 8.42 Å². The molecule has 1 heterocycles. The minimum atomic E-state index is -3.46. The molecule has 1 aliphatic heterocycles. The van der Waals surface area contributed by atoms with Crippen LogP contribution in [0.25, 0.3) is 0 Å². The number of nitrogens with one attached hydrogen (secondary N) is 1. The van der Waals surface area contributed by atoms with E-state index in [9.17, 15) is 8.42 Å². The number of ether oxygens (including phenoxy) is 1. The molecule has 1 aromatic rings. The van der Waals surface area contributed by atoms with Crippen LogP contribution in [0.1, 0.15) is 25.8 Å². The summed E-state index contributed by atoms with van der Waals surface area (Å²) in [6.07, 6.45) is 0.688. The highest BCUT2D eigenvalue weighted by Gasteiger charge is 2.35. The van der Waals surface area contributed by atoms with Crippen LogP contribution in [-0.2, 0) is 21.3 Å². The first kappa shape index (κ1) is 16.4. The fourth-order valence-corrected chi connectivity index (χ4v) is 4.04. The van der Waals surface area contributed by atoms with Crippen molar-refractivity contribution < 1.29 is 13.2 Å². The number of sulfonamides is 1. The minimum absolute atomic E-state index is 0.0576. The molecule has 0 saturated carbocycles. The summed E-state index contributed by atoms with van der Waals surface area (Å²) in [5.74, 6) is 0. The summed E-state index contributed by atoms with van der Waals surface area (Å²) in [4.78, 5) is 0.337. The van der Waals surface area contributed by atoms with E-state index in [1.807, 2.05) is 26.0 Å². The van der Waals surface area contributed by atoms with Gasteiger partial charge in [-0.05, 0) is 37.6 Å². The zero-order valence-corrected chi connectivity index (χ0v) is 13.7. The second-order valence-corrected chi connectivity index (χ2v) is 7.37. The summed E-state index contributed by atoms with van der Waals surface area (Å²) < 4.78 is 32.2. The number of hydrogen-bond acceptors (Lipinski definition) is 4. The molecular formula is C15H24N2O3S. The highest BCUT2D eigenvalue weighted by molar-refractivity contribution is 7.89. The molecule has 0 spiro atoms. The fraction of sp³-hybridized carbons (Fsp3) is 0.600. The molecule has 0 aliphatic carbocycles.